The highest BCUT2D eigenvalue weighted by Gasteiger charge is 2.39. The Bertz CT molecular complexity index is 1500. The van der Waals surface area contributed by atoms with Crippen LogP contribution in [0.1, 0.15) is 45.5 Å². The van der Waals surface area contributed by atoms with Crippen molar-refractivity contribution in [3.8, 4) is 0 Å². The number of anilines is 3. The van der Waals surface area contributed by atoms with Gasteiger partial charge in [0.2, 0.25) is 0 Å². The van der Waals surface area contributed by atoms with E-state index >= 15 is 0 Å². The molecule has 0 saturated heterocycles. The van der Waals surface area contributed by atoms with E-state index in [9.17, 15) is 23.9 Å². The Labute approximate surface area is 223 Å². The molecular weight excluding hydrogens is 509 g/mol. The van der Waals surface area contributed by atoms with Crippen LogP contribution in [0.4, 0.5) is 21.5 Å². The van der Waals surface area contributed by atoms with E-state index in [4.69, 9.17) is 17.3 Å². The summed E-state index contributed by atoms with van der Waals surface area (Å²) in [6, 6.07) is 15.7. The highest BCUT2D eigenvalue weighted by molar-refractivity contribution is 6.34. The van der Waals surface area contributed by atoms with Crippen LogP contribution in [-0.2, 0) is 11.2 Å². The molecule has 2 amide bonds. The number of nitrogens with zero attached hydrogens (tertiary/aromatic N) is 1. The maximum absolute atomic E-state index is 13.7. The van der Waals surface area contributed by atoms with Gasteiger partial charge in [-0.05, 0) is 79.1 Å². The summed E-state index contributed by atoms with van der Waals surface area (Å²) in [6.45, 7) is 0.398. The van der Waals surface area contributed by atoms with Gasteiger partial charge in [0.1, 0.15) is 5.82 Å². The van der Waals surface area contributed by atoms with Crippen molar-refractivity contribution in [2.24, 2.45) is 5.41 Å². The number of carbonyl (C=O) groups is 3. The summed E-state index contributed by atoms with van der Waals surface area (Å²) >= 11 is 6.03. The van der Waals surface area contributed by atoms with E-state index in [2.05, 4.69) is 5.32 Å². The molecule has 3 aromatic rings. The highest BCUT2D eigenvalue weighted by atomic mass is 35.5. The number of carboxylic acids is 1. The first-order valence-corrected chi connectivity index (χ1v) is 12.5. The topological polar surface area (TPSA) is 113 Å². The number of carboxylic acid groups (broad SMARTS) is 1. The number of hydrogen-bond donors (Lipinski definition) is 3. The van der Waals surface area contributed by atoms with Crippen LogP contribution in [0.25, 0.3) is 0 Å². The third-order valence-electron chi connectivity index (χ3n) is 7.26. The SMILES string of the molecule is Nc1cc(NC(=O)c2cc(F)ccc2Cl)ccc1C(=O)N1CC[C@]2(C=C(C(=O)O)CC2)Cc2ccccc21. The molecule has 194 valence electrons. The lowest BCUT2D eigenvalue weighted by atomic mass is 9.79. The Balaban J connectivity index is 1.40. The molecule has 9 heteroatoms. The predicted octanol–water partition coefficient (Wildman–Crippen LogP) is 5.70. The van der Waals surface area contributed by atoms with E-state index in [0.29, 0.717) is 37.1 Å². The van der Waals surface area contributed by atoms with Crippen LogP contribution in [0, 0.1) is 11.2 Å². The highest BCUT2D eigenvalue weighted by Crippen LogP contribution is 2.46. The molecular formula is C29H25ClFN3O4. The molecule has 5 rings (SSSR count). The molecule has 1 heterocycles. The van der Waals surface area contributed by atoms with Gasteiger partial charge in [-0.2, -0.15) is 0 Å². The van der Waals surface area contributed by atoms with Gasteiger partial charge in [0.25, 0.3) is 11.8 Å². The van der Waals surface area contributed by atoms with Crippen LogP contribution >= 0.6 is 11.6 Å². The van der Waals surface area contributed by atoms with Gasteiger partial charge in [0.15, 0.2) is 0 Å². The summed E-state index contributed by atoms with van der Waals surface area (Å²) in [4.78, 5) is 39.6. The summed E-state index contributed by atoms with van der Waals surface area (Å²) in [5.41, 5.74) is 8.85. The number of rotatable bonds is 4. The molecule has 38 heavy (non-hydrogen) atoms. The number of para-hydroxylation sites is 1. The second-order valence-electron chi connectivity index (χ2n) is 9.73. The quantitative estimate of drug-likeness (QED) is 0.372. The Kier molecular flexibility index (Phi) is 6.67. The molecule has 3 aromatic carbocycles. The number of aliphatic carboxylic acids is 1. The number of carbonyl (C=O) groups excluding carboxylic acids is 2. The van der Waals surface area contributed by atoms with Crippen molar-refractivity contribution < 1.29 is 23.9 Å². The number of hydrogen-bond acceptors (Lipinski definition) is 4. The smallest absolute Gasteiger partial charge is 0.331 e. The first kappa shape index (κ1) is 25.5. The monoisotopic (exact) mass is 533 g/mol. The fraction of sp³-hybridized carbons (Fsp3) is 0.207. The average Bonchev–Trinajstić information content (AvgIpc) is 3.23. The standard InChI is InChI=1S/C29H25ClFN3O4/c30-23-8-5-19(31)13-22(23)26(35)33-20-6-7-21(24(32)14-20)27(36)34-12-11-29(10-9-18(16-29)28(37)38)15-17-3-1-2-4-25(17)34/h1-8,13-14,16H,9-12,15,32H2,(H,33,35)(H,37,38)/t29-/m0/s1. The van der Waals surface area contributed by atoms with Crippen molar-refractivity contribution in [2.45, 2.75) is 25.7 Å². The Morgan fingerprint density at radius 3 is 2.55 bits per heavy atom. The molecule has 0 fully saturated rings. The number of nitrogen functional groups attached to an aromatic ring is 1. The van der Waals surface area contributed by atoms with E-state index in [1.807, 2.05) is 30.3 Å². The molecule has 1 atom stereocenters. The Morgan fingerprint density at radius 2 is 1.82 bits per heavy atom. The first-order chi connectivity index (χ1) is 18.2. The molecule has 0 radical (unpaired) electrons. The number of halogens is 2. The van der Waals surface area contributed by atoms with Crippen molar-refractivity contribution in [1.29, 1.82) is 0 Å². The number of nitrogens with two attached hydrogens (primary N) is 1. The molecule has 7 nitrogen and oxygen atoms in total. The summed E-state index contributed by atoms with van der Waals surface area (Å²) in [5, 5.41) is 12.2. The van der Waals surface area contributed by atoms with Gasteiger partial charge < -0.3 is 21.1 Å². The Hall–Kier alpha value is -4.17. The van der Waals surface area contributed by atoms with Gasteiger partial charge in [-0.15, -0.1) is 0 Å². The van der Waals surface area contributed by atoms with Gasteiger partial charge in [0, 0.05) is 29.2 Å². The minimum atomic E-state index is -0.896. The van der Waals surface area contributed by atoms with Crippen LogP contribution in [0.3, 0.4) is 0 Å². The van der Waals surface area contributed by atoms with Crippen molar-refractivity contribution in [2.75, 3.05) is 22.5 Å². The molecule has 0 unspecified atom stereocenters. The lowest BCUT2D eigenvalue weighted by Crippen LogP contribution is -2.33. The molecule has 2 aliphatic rings. The fourth-order valence-corrected chi connectivity index (χ4v) is 5.51. The van der Waals surface area contributed by atoms with Crippen LogP contribution in [0.5, 0.6) is 0 Å². The fourth-order valence-electron chi connectivity index (χ4n) is 5.31. The number of fused-ring (bicyclic) bond motifs is 1. The molecule has 0 saturated carbocycles. The summed E-state index contributed by atoms with van der Waals surface area (Å²) in [7, 11) is 0. The van der Waals surface area contributed by atoms with E-state index in [1.54, 1.807) is 17.0 Å². The predicted molar refractivity (Wildman–Crippen MR) is 144 cm³/mol. The third-order valence-corrected chi connectivity index (χ3v) is 7.59. The average molecular weight is 534 g/mol. The van der Waals surface area contributed by atoms with Crippen LogP contribution in [0.2, 0.25) is 5.02 Å². The molecule has 1 spiro atoms. The lowest BCUT2D eigenvalue weighted by molar-refractivity contribution is -0.132. The van der Waals surface area contributed by atoms with E-state index in [0.717, 1.165) is 29.8 Å². The van der Waals surface area contributed by atoms with Gasteiger partial charge in [-0.3, -0.25) is 9.59 Å². The summed E-state index contributed by atoms with van der Waals surface area (Å²) < 4.78 is 13.6. The third kappa shape index (κ3) is 4.87. The van der Waals surface area contributed by atoms with E-state index < -0.39 is 17.7 Å². The van der Waals surface area contributed by atoms with Crippen molar-refractivity contribution in [3.05, 3.63) is 99.8 Å². The zero-order chi connectivity index (χ0) is 27.0. The van der Waals surface area contributed by atoms with Crippen molar-refractivity contribution in [3.63, 3.8) is 0 Å². The molecule has 0 aromatic heterocycles. The molecule has 1 aliphatic carbocycles. The number of nitrogens with one attached hydrogen (secondary N) is 1. The molecule has 0 bridgehead atoms. The lowest BCUT2D eigenvalue weighted by Gasteiger charge is -2.26. The number of benzene rings is 3. The second kappa shape index (κ2) is 9.95. The van der Waals surface area contributed by atoms with Gasteiger partial charge in [-0.1, -0.05) is 35.9 Å². The van der Waals surface area contributed by atoms with Crippen LogP contribution in [-0.4, -0.2) is 29.4 Å². The van der Waals surface area contributed by atoms with Gasteiger partial charge in [-0.25, -0.2) is 9.18 Å². The zero-order valence-electron chi connectivity index (χ0n) is 20.3. The molecule has 1 aliphatic heterocycles. The minimum absolute atomic E-state index is 0.0208. The zero-order valence-corrected chi connectivity index (χ0v) is 21.1. The maximum Gasteiger partial charge on any atom is 0.331 e. The van der Waals surface area contributed by atoms with Gasteiger partial charge >= 0.3 is 5.97 Å². The van der Waals surface area contributed by atoms with E-state index in [-0.39, 0.29) is 33.2 Å². The minimum Gasteiger partial charge on any atom is -0.478 e. The molecule has 4 N–H and O–H groups in total. The Morgan fingerprint density at radius 1 is 1.03 bits per heavy atom. The number of allylic oxidation sites excluding steroid dienone is 1. The summed E-state index contributed by atoms with van der Waals surface area (Å²) in [5.74, 6) is -2.39. The van der Waals surface area contributed by atoms with Crippen LogP contribution < -0.4 is 16.0 Å². The van der Waals surface area contributed by atoms with Crippen molar-refractivity contribution >= 4 is 46.4 Å². The van der Waals surface area contributed by atoms with E-state index in [1.165, 1.54) is 12.1 Å². The van der Waals surface area contributed by atoms with Crippen molar-refractivity contribution in [1.82, 2.24) is 0 Å². The van der Waals surface area contributed by atoms with Crippen LogP contribution in [0.15, 0.2) is 72.3 Å². The second-order valence-corrected chi connectivity index (χ2v) is 10.1. The largest absolute Gasteiger partial charge is 0.478 e. The number of amides is 2. The summed E-state index contributed by atoms with van der Waals surface area (Å²) in [6.07, 6.45) is 4.36. The first-order valence-electron chi connectivity index (χ1n) is 12.2. The maximum atomic E-state index is 13.7. The van der Waals surface area contributed by atoms with Gasteiger partial charge in [0.05, 0.1) is 16.1 Å². The normalized spacial score (nSPS) is 18.5.